The number of aryl methyl sites for hydroxylation is 1. The monoisotopic (exact) mass is 366 g/mol. The minimum Gasteiger partial charge on any atom is -0.399 e. The molecule has 18 heavy (non-hydrogen) atoms. The number of hydrogen-bond donors (Lipinski definition) is 1. The van der Waals surface area contributed by atoms with Crippen LogP contribution < -0.4 is 5.73 Å². The van der Waals surface area contributed by atoms with Crippen LogP contribution in [0.3, 0.4) is 0 Å². The van der Waals surface area contributed by atoms with Crippen LogP contribution in [0.5, 0.6) is 0 Å². The lowest BCUT2D eigenvalue weighted by atomic mass is 10.1. The SMILES string of the molecule is CCn1c2ccc(N)cc2c2cc(Br)cc(Br)c21. The first-order valence-corrected chi connectivity index (χ1v) is 7.37. The third-order valence-electron chi connectivity index (χ3n) is 3.22. The lowest BCUT2D eigenvalue weighted by Gasteiger charge is -2.05. The van der Waals surface area contributed by atoms with Crippen molar-refractivity contribution in [2.24, 2.45) is 0 Å². The average Bonchev–Trinajstić information content (AvgIpc) is 2.63. The molecule has 0 aliphatic rings. The average molecular weight is 368 g/mol. The molecule has 2 nitrogen and oxygen atoms in total. The summed E-state index contributed by atoms with van der Waals surface area (Å²) in [4.78, 5) is 0. The molecule has 3 rings (SSSR count). The van der Waals surface area contributed by atoms with Gasteiger partial charge >= 0.3 is 0 Å². The molecule has 0 amide bonds. The van der Waals surface area contributed by atoms with Gasteiger partial charge in [0, 0.05) is 37.5 Å². The maximum Gasteiger partial charge on any atom is 0.0636 e. The zero-order valence-corrected chi connectivity index (χ0v) is 13.0. The number of aromatic nitrogens is 1. The molecule has 0 fully saturated rings. The van der Waals surface area contributed by atoms with E-state index in [4.69, 9.17) is 5.73 Å². The van der Waals surface area contributed by atoms with Gasteiger partial charge in [0.2, 0.25) is 0 Å². The molecule has 92 valence electrons. The first-order chi connectivity index (χ1) is 8.61. The highest BCUT2D eigenvalue weighted by atomic mass is 79.9. The molecule has 3 aromatic rings. The molecule has 0 unspecified atom stereocenters. The van der Waals surface area contributed by atoms with E-state index in [9.17, 15) is 0 Å². The van der Waals surface area contributed by atoms with E-state index in [-0.39, 0.29) is 0 Å². The molecule has 0 atom stereocenters. The highest BCUT2D eigenvalue weighted by Gasteiger charge is 2.13. The molecule has 2 N–H and O–H groups in total. The van der Waals surface area contributed by atoms with E-state index < -0.39 is 0 Å². The van der Waals surface area contributed by atoms with E-state index in [1.807, 2.05) is 12.1 Å². The minimum atomic E-state index is 0.800. The summed E-state index contributed by atoms with van der Waals surface area (Å²) in [7, 11) is 0. The topological polar surface area (TPSA) is 30.9 Å². The Morgan fingerprint density at radius 3 is 2.61 bits per heavy atom. The second-order valence-corrected chi connectivity index (χ2v) is 6.07. The van der Waals surface area contributed by atoms with Gasteiger partial charge in [-0.25, -0.2) is 0 Å². The molecule has 0 spiro atoms. The van der Waals surface area contributed by atoms with Gasteiger partial charge in [0.05, 0.1) is 5.52 Å². The summed E-state index contributed by atoms with van der Waals surface area (Å²) in [5.41, 5.74) is 9.15. The molecule has 0 bridgehead atoms. The van der Waals surface area contributed by atoms with E-state index >= 15 is 0 Å². The van der Waals surface area contributed by atoms with Crippen molar-refractivity contribution in [2.75, 3.05) is 5.73 Å². The van der Waals surface area contributed by atoms with E-state index in [1.165, 1.54) is 21.8 Å². The van der Waals surface area contributed by atoms with Crippen molar-refractivity contribution in [2.45, 2.75) is 13.5 Å². The summed E-state index contributed by atoms with van der Waals surface area (Å²) in [6.45, 7) is 3.09. The van der Waals surface area contributed by atoms with Crippen molar-refractivity contribution >= 4 is 59.4 Å². The molecule has 1 aromatic heterocycles. The van der Waals surface area contributed by atoms with Crippen LogP contribution >= 0.6 is 31.9 Å². The summed E-state index contributed by atoms with van der Waals surface area (Å²) in [6, 6.07) is 10.3. The Kier molecular flexibility index (Phi) is 2.87. The number of fused-ring (bicyclic) bond motifs is 3. The van der Waals surface area contributed by atoms with Gasteiger partial charge in [-0.05, 0) is 53.2 Å². The summed E-state index contributed by atoms with van der Waals surface area (Å²) >= 11 is 7.20. The second kappa shape index (κ2) is 4.28. The van der Waals surface area contributed by atoms with Crippen molar-refractivity contribution in [3.8, 4) is 0 Å². The van der Waals surface area contributed by atoms with Gasteiger partial charge in [-0.15, -0.1) is 0 Å². The van der Waals surface area contributed by atoms with Crippen LogP contribution in [0.4, 0.5) is 5.69 Å². The summed E-state index contributed by atoms with van der Waals surface area (Å²) in [5, 5.41) is 2.43. The molecule has 0 saturated heterocycles. The van der Waals surface area contributed by atoms with Crippen LogP contribution in [-0.4, -0.2) is 4.57 Å². The van der Waals surface area contributed by atoms with Crippen molar-refractivity contribution in [1.29, 1.82) is 0 Å². The first kappa shape index (κ1) is 12.1. The highest BCUT2D eigenvalue weighted by molar-refractivity contribution is 9.11. The largest absolute Gasteiger partial charge is 0.399 e. The Labute approximate surface area is 122 Å². The Morgan fingerprint density at radius 2 is 1.89 bits per heavy atom. The van der Waals surface area contributed by atoms with Crippen LogP contribution in [0.1, 0.15) is 6.92 Å². The van der Waals surface area contributed by atoms with Crippen molar-refractivity contribution < 1.29 is 0 Å². The number of halogens is 2. The first-order valence-electron chi connectivity index (χ1n) is 5.78. The maximum absolute atomic E-state index is 5.91. The second-order valence-electron chi connectivity index (χ2n) is 4.30. The van der Waals surface area contributed by atoms with Gasteiger partial charge in [0.15, 0.2) is 0 Å². The number of rotatable bonds is 1. The van der Waals surface area contributed by atoms with Gasteiger partial charge < -0.3 is 10.3 Å². The predicted octanol–water partition coefficient (Wildman–Crippen LogP) is 4.92. The molecule has 4 heteroatoms. The highest BCUT2D eigenvalue weighted by Crippen LogP contribution is 2.36. The summed E-state index contributed by atoms with van der Waals surface area (Å²) in [5.74, 6) is 0. The molecule has 0 radical (unpaired) electrons. The Hall–Kier alpha value is -1.000. The van der Waals surface area contributed by atoms with E-state index in [0.29, 0.717) is 0 Å². The quantitative estimate of drug-likeness (QED) is 0.608. The van der Waals surface area contributed by atoms with Crippen LogP contribution in [0.25, 0.3) is 21.8 Å². The summed E-state index contributed by atoms with van der Waals surface area (Å²) < 4.78 is 4.48. The molecule has 0 aliphatic carbocycles. The van der Waals surface area contributed by atoms with Crippen LogP contribution in [0.15, 0.2) is 39.3 Å². The maximum atomic E-state index is 5.91. The fourth-order valence-electron chi connectivity index (χ4n) is 2.50. The van der Waals surface area contributed by atoms with Crippen LogP contribution in [-0.2, 0) is 6.54 Å². The molecule has 2 aromatic carbocycles. The number of anilines is 1. The molecule has 1 heterocycles. The lowest BCUT2D eigenvalue weighted by Crippen LogP contribution is -1.93. The molecular formula is C14H12Br2N2. The van der Waals surface area contributed by atoms with Gasteiger partial charge in [0.1, 0.15) is 0 Å². The molecular weight excluding hydrogens is 356 g/mol. The van der Waals surface area contributed by atoms with E-state index in [0.717, 1.165) is 21.2 Å². The Morgan fingerprint density at radius 1 is 1.11 bits per heavy atom. The van der Waals surface area contributed by atoms with Crippen LogP contribution in [0.2, 0.25) is 0 Å². The minimum absolute atomic E-state index is 0.800. The van der Waals surface area contributed by atoms with Crippen molar-refractivity contribution in [1.82, 2.24) is 4.57 Å². The zero-order chi connectivity index (χ0) is 12.9. The normalized spacial score (nSPS) is 11.5. The van der Waals surface area contributed by atoms with Gasteiger partial charge in [-0.1, -0.05) is 15.9 Å². The standard InChI is InChI=1S/C14H12Br2N2/c1-2-18-13-4-3-9(17)7-10(13)11-5-8(15)6-12(16)14(11)18/h3-7H,2,17H2,1H3. The van der Waals surface area contributed by atoms with Gasteiger partial charge in [-0.2, -0.15) is 0 Å². The number of hydrogen-bond acceptors (Lipinski definition) is 1. The van der Waals surface area contributed by atoms with Crippen molar-refractivity contribution in [3.63, 3.8) is 0 Å². The van der Waals surface area contributed by atoms with Crippen LogP contribution in [0, 0.1) is 0 Å². The Bertz CT molecular complexity index is 759. The summed E-state index contributed by atoms with van der Waals surface area (Å²) in [6.07, 6.45) is 0. The van der Waals surface area contributed by atoms with E-state index in [2.05, 4.69) is 61.5 Å². The fraction of sp³-hybridized carbons (Fsp3) is 0.143. The third-order valence-corrected chi connectivity index (χ3v) is 4.28. The lowest BCUT2D eigenvalue weighted by molar-refractivity contribution is 0.826. The van der Waals surface area contributed by atoms with Gasteiger partial charge in [-0.3, -0.25) is 0 Å². The molecule has 0 aliphatic heterocycles. The molecule has 0 saturated carbocycles. The van der Waals surface area contributed by atoms with Gasteiger partial charge in [0.25, 0.3) is 0 Å². The van der Waals surface area contributed by atoms with Crippen molar-refractivity contribution in [3.05, 3.63) is 39.3 Å². The number of benzene rings is 2. The zero-order valence-electron chi connectivity index (χ0n) is 9.87. The third kappa shape index (κ3) is 1.67. The smallest absolute Gasteiger partial charge is 0.0636 e. The number of nitrogens with two attached hydrogens (primary N) is 1. The fourth-order valence-corrected chi connectivity index (χ4v) is 3.94. The predicted molar refractivity (Wildman–Crippen MR) is 84.9 cm³/mol. The van der Waals surface area contributed by atoms with E-state index in [1.54, 1.807) is 0 Å². The Balaban J connectivity index is 2.61. The number of nitrogen functional groups attached to an aromatic ring is 1. The number of nitrogens with zero attached hydrogens (tertiary/aromatic N) is 1.